The van der Waals surface area contributed by atoms with Gasteiger partial charge in [-0.15, -0.1) is 0 Å². The summed E-state index contributed by atoms with van der Waals surface area (Å²) in [6.45, 7) is 6.30. The maximum absolute atomic E-state index is 11.7. The Bertz CT molecular complexity index is 361. The SMILES string of the molecule is Cc1ccc(C(=O)CNC(C)C)cc1Cl. The maximum atomic E-state index is 11.7. The molecule has 0 aliphatic rings. The Morgan fingerprint density at radius 3 is 2.67 bits per heavy atom. The van der Waals surface area contributed by atoms with E-state index in [0.29, 0.717) is 23.2 Å². The highest BCUT2D eigenvalue weighted by Crippen LogP contribution is 2.16. The number of halogens is 1. The molecule has 1 rings (SSSR count). The van der Waals surface area contributed by atoms with Crippen LogP contribution in [0.5, 0.6) is 0 Å². The van der Waals surface area contributed by atoms with E-state index in [1.165, 1.54) is 0 Å². The van der Waals surface area contributed by atoms with Gasteiger partial charge in [0.25, 0.3) is 0 Å². The number of aryl methyl sites for hydroxylation is 1. The van der Waals surface area contributed by atoms with Gasteiger partial charge in [0.1, 0.15) is 0 Å². The molecule has 0 aliphatic carbocycles. The third kappa shape index (κ3) is 3.65. The number of ketones is 1. The van der Waals surface area contributed by atoms with Gasteiger partial charge in [-0.3, -0.25) is 4.79 Å². The Balaban J connectivity index is 2.70. The van der Waals surface area contributed by atoms with Crippen molar-refractivity contribution in [1.82, 2.24) is 5.32 Å². The van der Waals surface area contributed by atoms with Gasteiger partial charge in [0, 0.05) is 16.6 Å². The van der Waals surface area contributed by atoms with E-state index in [2.05, 4.69) is 5.32 Å². The first-order chi connectivity index (χ1) is 7.00. The summed E-state index contributed by atoms with van der Waals surface area (Å²) in [5.41, 5.74) is 1.66. The molecule has 0 heterocycles. The van der Waals surface area contributed by atoms with Crippen molar-refractivity contribution < 1.29 is 4.79 Å². The Hall–Kier alpha value is -0.860. The van der Waals surface area contributed by atoms with Crippen LogP contribution >= 0.6 is 11.6 Å². The Kier molecular flexibility index (Phi) is 4.30. The summed E-state index contributed by atoms with van der Waals surface area (Å²) in [7, 11) is 0. The minimum Gasteiger partial charge on any atom is -0.307 e. The molecule has 0 unspecified atom stereocenters. The first kappa shape index (κ1) is 12.2. The van der Waals surface area contributed by atoms with E-state index in [1.54, 1.807) is 6.07 Å². The molecule has 0 saturated carbocycles. The summed E-state index contributed by atoms with van der Waals surface area (Å²) in [6.07, 6.45) is 0. The van der Waals surface area contributed by atoms with Gasteiger partial charge in [0.2, 0.25) is 0 Å². The smallest absolute Gasteiger partial charge is 0.176 e. The summed E-state index contributed by atoms with van der Waals surface area (Å²) in [5.74, 6) is 0.0746. The van der Waals surface area contributed by atoms with Crippen molar-refractivity contribution in [2.45, 2.75) is 26.8 Å². The number of carbonyl (C=O) groups excluding carboxylic acids is 1. The van der Waals surface area contributed by atoms with Crippen molar-refractivity contribution in [2.75, 3.05) is 6.54 Å². The van der Waals surface area contributed by atoms with Crippen LogP contribution in [0.15, 0.2) is 18.2 Å². The lowest BCUT2D eigenvalue weighted by Crippen LogP contribution is -2.29. The topological polar surface area (TPSA) is 29.1 Å². The molecule has 0 fully saturated rings. The van der Waals surface area contributed by atoms with Gasteiger partial charge in [-0.2, -0.15) is 0 Å². The van der Waals surface area contributed by atoms with Crippen LogP contribution in [-0.2, 0) is 0 Å². The minimum atomic E-state index is 0.0746. The van der Waals surface area contributed by atoms with Crippen LogP contribution < -0.4 is 5.32 Å². The second-order valence-electron chi connectivity index (χ2n) is 3.92. The van der Waals surface area contributed by atoms with Crippen LogP contribution in [0.25, 0.3) is 0 Å². The monoisotopic (exact) mass is 225 g/mol. The fraction of sp³-hybridized carbons (Fsp3) is 0.417. The first-order valence-electron chi connectivity index (χ1n) is 5.03. The van der Waals surface area contributed by atoms with E-state index in [4.69, 9.17) is 11.6 Å². The summed E-state index contributed by atoms with van der Waals surface area (Å²) < 4.78 is 0. The Labute approximate surface area is 95.6 Å². The zero-order valence-electron chi connectivity index (χ0n) is 9.30. The fourth-order valence-electron chi connectivity index (χ4n) is 1.17. The van der Waals surface area contributed by atoms with Crippen molar-refractivity contribution in [3.05, 3.63) is 34.3 Å². The van der Waals surface area contributed by atoms with E-state index >= 15 is 0 Å². The molecule has 0 bridgehead atoms. The van der Waals surface area contributed by atoms with Crippen molar-refractivity contribution in [1.29, 1.82) is 0 Å². The third-order valence-electron chi connectivity index (χ3n) is 2.16. The van der Waals surface area contributed by atoms with Crippen LogP contribution in [0, 0.1) is 6.92 Å². The van der Waals surface area contributed by atoms with Gasteiger partial charge in [-0.05, 0) is 18.6 Å². The number of Topliss-reactive ketones (excluding diaryl/α,β-unsaturated/α-hetero) is 1. The molecule has 0 spiro atoms. The molecule has 3 heteroatoms. The second kappa shape index (κ2) is 5.29. The number of hydrogen-bond donors (Lipinski definition) is 1. The molecule has 82 valence electrons. The molecule has 1 aromatic rings. The number of nitrogens with one attached hydrogen (secondary N) is 1. The van der Waals surface area contributed by atoms with Crippen molar-refractivity contribution in [3.8, 4) is 0 Å². The highest BCUT2D eigenvalue weighted by molar-refractivity contribution is 6.31. The molecule has 0 aromatic heterocycles. The maximum Gasteiger partial charge on any atom is 0.176 e. The lowest BCUT2D eigenvalue weighted by molar-refractivity contribution is 0.0988. The lowest BCUT2D eigenvalue weighted by atomic mass is 10.1. The number of hydrogen-bond acceptors (Lipinski definition) is 2. The first-order valence-corrected chi connectivity index (χ1v) is 5.41. The van der Waals surface area contributed by atoms with Gasteiger partial charge in [0.05, 0.1) is 6.54 Å². The molecule has 0 atom stereocenters. The predicted molar refractivity (Wildman–Crippen MR) is 63.7 cm³/mol. The van der Waals surface area contributed by atoms with E-state index in [-0.39, 0.29) is 5.78 Å². The molecule has 0 aliphatic heterocycles. The summed E-state index contributed by atoms with van der Waals surface area (Å²) >= 11 is 5.95. The van der Waals surface area contributed by atoms with E-state index < -0.39 is 0 Å². The summed E-state index contributed by atoms with van der Waals surface area (Å²) in [5, 5.41) is 3.73. The van der Waals surface area contributed by atoms with Crippen molar-refractivity contribution >= 4 is 17.4 Å². The van der Waals surface area contributed by atoms with E-state index in [9.17, 15) is 4.79 Å². The molecular formula is C12H16ClNO. The quantitative estimate of drug-likeness (QED) is 0.799. The lowest BCUT2D eigenvalue weighted by Gasteiger charge is -2.07. The zero-order chi connectivity index (χ0) is 11.4. The van der Waals surface area contributed by atoms with Crippen molar-refractivity contribution in [3.63, 3.8) is 0 Å². The standard InChI is InChI=1S/C12H16ClNO/c1-8(2)14-7-12(15)10-5-4-9(3)11(13)6-10/h4-6,8,14H,7H2,1-3H3. The molecule has 1 N–H and O–H groups in total. The molecule has 0 amide bonds. The fourth-order valence-corrected chi connectivity index (χ4v) is 1.35. The second-order valence-corrected chi connectivity index (χ2v) is 4.33. The van der Waals surface area contributed by atoms with Crippen LogP contribution in [0.1, 0.15) is 29.8 Å². The Morgan fingerprint density at radius 1 is 1.47 bits per heavy atom. The molecule has 2 nitrogen and oxygen atoms in total. The largest absolute Gasteiger partial charge is 0.307 e. The Morgan fingerprint density at radius 2 is 2.13 bits per heavy atom. The minimum absolute atomic E-state index is 0.0746. The van der Waals surface area contributed by atoms with Gasteiger partial charge in [-0.1, -0.05) is 37.6 Å². The van der Waals surface area contributed by atoms with Gasteiger partial charge in [-0.25, -0.2) is 0 Å². The highest BCUT2D eigenvalue weighted by Gasteiger charge is 2.07. The normalized spacial score (nSPS) is 10.7. The van der Waals surface area contributed by atoms with E-state index in [1.807, 2.05) is 32.9 Å². The number of benzene rings is 1. The van der Waals surface area contributed by atoms with Crippen LogP contribution in [0.2, 0.25) is 5.02 Å². The molecule has 0 radical (unpaired) electrons. The van der Waals surface area contributed by atoms with Crippen LogP contribution in [0.4, 0.5) is 0 Å². The summed E-state index contributed by atoms with van der Waals surface area (Å²) in [4.78, 5) is 11.7. The average Bonchev–Trinajstić information content (AvgIpc) is 2.18. The molecule has 0 saturated heterocycles. The summed E-state index contributed by atoms with van der Waals surface area (Å²) in [6, 6.07) is 5.72. The van der Waals surface area contributed by atoms with Crippen LogP contribution in [-0.4, -0.2) is 18.4 Å². The van der Waals surface area contributed by atoms with Gasteiger partial charge < -0.3 is 5.32 Å². The van der Waals surface area contributed by atoms with Crippen LogP contribution in [0.3, 0.4) is 0 Å². The third-order valence-corrected chi connectivity index (χ3v) is 2.57. The number of rotatable bonds is 4. The van der Waals surface area contributed by atoms with Gasteiger partial charge in [0.15, 0.2) is 5.78 Å². The van der Waals surface area contributed by atoms with Crippen molar-refractivity contribution in [2.24, 2.45) is 0 Å². The molecule has 15 heavy (non-hydrogen) atoms. The zero-order valence-corrected chi connectivity index (χ0v) is 10.1. The molecular weight excluding hydrogens is 210 g/mol. The van der Waals surface area contributed by atoms with Gasteiger partial charge >= 0.3 is 0 Å². The average molecular weight is 226 g/mol. The molecule has 1 aromatic carbocycles. The predicted octanol–water partition coefficient (Wildman–Crippen LogP) is 2.83. The van der Waals surface area contributed by atoms with E-state index in [0.717, 1.165) is 5.56 Å². The highest BCUT2D eigenvalue weighted by atomic mass is 35.5. The number of carbonyl (C=O) groups is 1.